The number of rotatable bonds is 3. The summed E-state index contributed by atoms with van der Waals surface area (Å²) in [6.45, 7) is 0. The molecule has 18 heavy (non-hydrogen) atoms. The van der Waals surface area contributed by atoms with Gasteiger partial charge in [-0.3, -0.25) is 9.36 Å². The van der Waals surface area contributed by atoms with Gasteiger partial charge < -0.3 is 5.11 Å². The number of benzene rings is 1. The van der Waals surface area contributed by atoms with E-state index < -0.39 is 11.8 Å². The Morgan fingerprint density at radius 2 is 2.06 bits per heavy atom. The molecule has 0 fully saturated rings. The minimum Gasteiger partial charge on any atom is -0.478 e. The van der Waals surface area contributed by atoms with Gasteiger partial charge in [-0.25, -0.2) is 9.18 Å². The summed E-state index contributed by atoms with van der Waals surface area (Å²) in [5.74, 6) is -1.81. The highest BCUT2D eigenvalue weighted by atomic mass is 19.1. The number of hydrogen-bond acceptors (Lipinski definition) is 2. The zero-order valence-corrected chi connectivity index (χ0v) is 9.34. The SMILES string of the molecule is O=C(O)c1ccn(C(=O)Cc2cccc(F)c2)c1. The van der Waals surface area contributed by atoms with E-state index in [1.165, 1.54) is 41.2 Å². The summed E-state index contributed by atoms with van der Waals surface area (Å²) in [4.78, 5) is 22.5. The number of halogens is 1. The molecular formula is C13H10FNO3. The van der Waals surface area contributed by atoms with Crippen LogP contribution < -0.4 is 0 Å². The van der Waals surface area contributed by atoms with Crippen molar-refractivity contribution in [1.82, 2.24) is 4.57 Å². The predicted octanol–water partition coefficient (Wildman–Crippen LogP) is 2.21. The molecule has 1 aromatic carbocycles. The molecule has 5 heteroatoms. The van der Waals surface area contributed by atoms with E-state index in [-0.39, 0.29) is 17.9 Å². The van der Waals surface area contributed by atoms with Crippen LogP contribution in [0.1, 0.15) is 20.7 Å². The molecule has 2 rings (SSSR count). The fourth-order valence-corrected chi connectivity index (χ4v) is 1.59. The summed E-state index contributed by atoms with van der Waals surface area (Å²) in [5, 5.41) is 8.73. The number of carbonyl (C=O) groups excluding carboxylic acids is 1. The third-order valence-electron chi connectivity index (χ3n) is 2.47. The van der Waals surface area contributed by atoms with Crippen molar-refractivity contribution >= 4 is 11.9 Å². The molecule has 1 heterocycles. The molecular weight excluding hydrogens is 237 g/mol. The number of nitrogens with zero attached hydrogens (tertiary/aromatic N) is 1. The first-order chi connectivity index (χ1) is 8.56. The predicted molar refractivity (Wildman–Crippen MR) is 62.1 cm³/mol. The van der Waals surface area contributed by atoms with E-state index in [1.54, 1.807) is 6.07 Å². The van der Waals surface area contributed by atoms with E-state index in [4.69, 9.17) is 5.11 Å². The van der Waals surface area contributed by atoms with Crippen molar-refractivity contribution in [1.29, 1.82) is 0 Å². The van der Waals surface area contributed by atoms with Gasteiger partial charge in [-0.15, -0.1) is 0 Å². The molecule has 0 saturated heterocycles. The second-order valence-electron chi connectivity index (χ2n) is 3.81. The van der Waals surface area contributed by atoms with Gasteiger partial charge in [0.15, 0.2) is 0 Å². The maximum Gasteiger partial charge on any atom is 0.337 e. The lowest BCUT2D eigenvalue weighted by atomic mass is 10.1. The average molecular weight is 247 g/mol. The molecule has 0 spiro atoms. The summed E-state index contributed by atoms with van der Waals surface area (Å²) in [7, 11) is 0. The van der Waals surface area contributed by atoms with Gasteiger partial charge >= 0.3 is 5.97 Å². The number of carboxylic acids is 1. The fourth-order valence-electron chi connectivity index (χ4n) is 1.59. The van der Waals surface area contributed by atoms with Crippen molar-refractivity contribution in [3.05, 3.63) is 59.7 Å². The Balaban J connectivity index is 2.14. The van der Waals surface area contributed by atoms with E-state index in [2.05, 4.69) is 0 Å². The molecule has 0 unspecified atom stereocenters. The lowest BCUT2D eigenvalue weighted by molar-refractivity contribution is 0.0697. The lowest BCUT2D eigenvalue weighted by Crippen LogP contribution is -2.11. The smallest absolute Gasteiger partial charge is 0.337 e. The number of carboxylic acid groups (broad SMARTS) is 1. The Morgan fingerprint density at radius 3 is 2.67 bits per heavy atom. The molecule has 2 aromatic rings. The average Bonchev–Trinajstić information content (AvgIpc) is 2.78. The Morgan fingerprint density at radius 1 is 1.28 bits per heavy atom. The van der Waals surface area contributed by atoms with Crippen LogP contribution in [0.5, 0.6) is 0 Å². The highest BCUT2D eigenvalue weighted by molar-refractivity contribution is 5.89. The summed E-state index contributed by atoms with van der Waals surface area (Å²) < 4.78 is 14.1. The molecule has 0 atom stereocenters. The van der Waals surface area contributed by atoms with Crippen molar-refractivity contribution in [2.75, 3.05) is 0 Å². The van der Waals surface area contributed by atoms with Crippen LogP contribution in [-0.2, 0) is 6.42 Å². The summed E-state index contributed by atoms with van der Waals surface area (Å²) >= 11 is 0. The Kier molecular flexibility index (Phi) is 3.23. The lowest BCUT2D eigenvalue weighted by Gasteiger charge is -2.02. The maximum atomic E-state index is 12.9. The van der Waals surface area contributed by atoms with E-state index in [1.807, 2.05) is 0 Å². The molecule has 0 aliphatic heterocycles. The molecule has 0 bridgehead atoms. The number of hydrogen-bond donors (Lipinski definition) is 1. The van der Waals surface area contributed by atoms with Crippen molar-refractivity contribution in [3.8, 4) is 0 Å². The van der Waals surface area contributed by atoms with Gasteiger partial charge in [-0.1, -0.05) is 12.1 Å². The third-order valence-corrected chi connectivity index (χ3v) is 2.47. The second kappa shape index (κ2) is 4.83. The van der Waals surface area contributed by atoms with Crippen LogP contribution in [0.2, 0.25) is 0 Å². The van der Waals surface area contributed by atoms with Crippen molar-refractivity contribution < 1.29 is 19.1 Å². The molecule has 92 valence electrons. The number of aromatic carboxylic acids is 1. The third kappa shape index (κ3) is 2.63. The maximum absolute atomic E-state index is 12.9. The van der Waals surface area contributed by atoms with Gasteiger partial charge in [-0.2, -0.15) is 0 Å². The number of carbonyl (C=O) groups is 2. The summed E-state index contributed by atoms with van der Waals surface area (Å²) in [6.07, 6.45) is 2.64. The summed E-state index contributed by atoms with van der Waals surface area (Å²) in [5.41, 5.74) is 0.591. The largest absolute Gasteiger partial charge is 0.478 e. The minimum absolute atomic E-state index is 0.0193. The van der Waals surface area contributed by atoms with Gasteiger partial charge in [0.05, 0.1) is 12.0 Å². The van der Waals surface area contributed by atoms with Crippen LogP contribution in [0.3, 0.4) is 0 Å². The molecule has 0 amide bonds. The standard InChI is InChI=1S/C13H10FNO3/c14-11-3-1-2-9(6-11)7-12(16)15-5-4-10(8-15)13(17)18/h1-6,8H,7H2,(H,17,18). The first kappa shape index (κ1) is 12.0. The van der Waals surface area contributed by atoms with Crippen LogP contribution >= 0.6 is 0 Å². The topological polar surface area (TPSA) is 59.3 Å². The van der Waals surface area contributed by atoms with E-state index in [9.17, 15) is 14.0 Å². The van der Waals surface area contributed by atoms with Gasteiger partial charge in [0.25, 0.3) is 0 Å². The van der Waals surface area contributed by atoms with Crippen LogP contribution in [0.4, 0.5) is 4.39 Å². The molecule has 4 nitrogen and oxygen atoms in total. The first-order valence-corrected chi connectivity index (χ1v) is 5.25. The van der Waals surface area contributed by atoms with Gasteiger partial charge in [0.2, 0.25) is 5.91 Å². The van der Waals surface area contributed by atoms with Crippen LogP contribution in [0.25, 0.3) is 0 Å². The van der Waals surface area contributed by atoms with Gasteiger partial charge in [0, 0.05) is 12.4 Å². The monoisotopic (exact) mass is 247 g/mol. The van der Waals surface area contributed by atoms with Gasteiger partial charge in [-0.05, 0) is 23.8 Å². The molecule has 0 saturated carbocycles. The normalized spacial score (nSPS) is 10.3. The van der Waals surface area contributed by atoms with Crippen molar-refractivity contribution in [3.63, 3.8) is 0 Å². The van der Waals surface area contributed by atoms with Gasteiger partial charge in [0.1, 0.15) is 5.82 Å². The highest BCUT2D eigenvalue weighted by Crippen LogP contribution is 2.07. The zero-order valence-electron chi connectivity index (χ0n) is 9.34. The van der Waals surface area contributed by atoms with Crippen molar-refractivity contribution in [2.45, 2.75) is 6.42 Å². The van der Waals surface area contributed by atoms with E-state index >= 15 is 0 Å². The molecule has 0 aliphatic rings. The fraction of sp³-hybridized carbons (Fsp3) is 0.0769. The molecule has 0 radical (unpaired) electrons. The quantitative estimate of drug-likeness (QED) is 0.904. The Labute approximate surface area is 102 Å². The Hall–Kier alpha value is -2.43. The second-order valence-corrected chi connectivity index (χ2v) is 3.81. The van der Waals surface area contributed by atoms with Crippen LogP contribution in [0.15, 0.2) is 42.7 Å². The molecule has 1 aromatic heterocycles. The number of aromatic nitrogens is 1. The van der Waals surface area contributed by atoms with E-state index in [0.29, 0.717) is 5.56 Å². The van der Waals surface area contributed by atoms with E-state index in [0.717, 1.165) is 0 Å². The summed E-state index contributed by atoms with van der Waals surface area (Å²) in [6, 6.07) is 7.08. The van der Waals surface area contributed by atoms with Crippen LogP contribution in [0, 0.1) is 5.82 Å². The zero-order chi connectivity index (χ0) is 13.1. The molecule has 1 N–H and O–H groups in total. The first-order valence-electron chi connectivity index (χ1n) is 5.25. The Bertz CT molecular complexity index is 604. The highest BCUT2D eigenvalue weighted by Gasteiger charge is 2.10. The van der Waals surface area contributed by atoms with Crippen LogP contribution in [-0.4, -0.2) is 21.6 Å². The minimum atomic E-state index is -1.09. The molecule has 0 aliphatic carbocycles. The van der Waals surface area contributed by atoms with Crippen molar-refractivity contribution in [2.24, 2.45) is 0 Å².